The zero-order valence-electron chi connectivity index (χ0n) is 11.6. The van der Waals surface area contributed by atoms with Crippen molar-refractivity contribution in [2.75, 3.05) is 0 Å². The third-order valence-corrected chi connectivity index (χ3v) is 3.46. The summed E-state index contributed by atoms with van der Waals surface area (Å²) in [6.45, 7) is 4.20. The average Bonchev–Trinajstić information content (AvgIpc) is 3.06. The molecule has 4 heteroatoms. The Morgan fingerprint density at radius 2 is 1.60 bits per heavy atom. The van der Waals surface area contributed by atoms with Crippen molar-refractivity contribution < 1.29 is 5.11 Å². The number of aliphatic hydroxyl groups is 1. The molecule has 0 fully saturated rings. The van der Waals surface area contributed by atoms with Gasteiger partial charge < -0.3 is 9.67 Å². The van der Waals surface area contributed by atoms with Crippen LogP contribution in [0.4, 0.5) is 0 Å². The van der Waals surface area contributed by atoms with Gasteiger partial charge in [0.25, 0.3) is 0 Å². The van der Waals surface area contributed by atoms with Crippen molar-refractivity contribution >= 4 is 0 Å². The van der Waals surface area contributed by atoms with E-state index >= 15 is 0 Å². The van der Waals surface area contributed by atoms with Crippen LogP contribution in [0.3, 0.4) is 0 Å². The second-order valence-corrected chi connectivity index (χ2v) is 4.89. The fourth-order valence-electron chi connectivity index (χ4n) is 2.36. The van der Waals surface area contributed by atoms with Crippen molar-refractivity contribution in [1.82, 2.24) is 14.3 Å². The first kappa shape index (κ1) is 12.7. The number of aromatic nitrogens is 3. The van der Waals surface area contributed by atoms with E-state index in [1.807, 2.05) is 41.2 Å². The molecule has 2 aromatic heterocycles. The number of nitrogens with zero attached hydrogens (tertiary/aromatic N) is 3. The van der Waals surface area contributed by atoms with E-state index < -0.39 is 0 Å². The van der Waals surface area contributed by atoms with Crippen LogP contribution in [-0.2, 0) is 6.61 Å². The molecule has 102 valence electrons. The van der Waals surface area contributed by atoms with Gasteiger partial charge in [-0.15, -0.1) is 5.10 Å². The molecule has 1 N–H and O–H groups in total. The first-order chi connectivity index (χ1) is 9.69. The highest BCUT2D eigenvalue weighted by atomic mass is 16.3. The summed E-state index contributed by atoms with van der Waals surface area (Å²) < 4.78 is 3.97. The van der Waals surface area contributed by atoms with Gasteiger partial charge in [0.05, 0.1) is 12.3 Å². The van der Waals surface area contributed by atoms with E-state index in [0.717, 1.165) is 17.1 Å². The molecule has 0 saturated carbocycles. The Hall–Kier alpha value is -2.33. The SMILES string of the molecule is Cc1ccc(C)n1-c1ccn(-c2ccc(CO)cc2)n1. The van der Waals surface area contributed by atoms with Crippen LogP contribution in [-0.4, -0.2) is 19.5 Å². The van der Waals surface area contributed by atoms with E-state index in [-0.39, 0.29) is 6.61 Å². The van der Waals surface area contributed by atoms with Gasteiger partial charge in [0.15, 0.2) is 5.82 Å². The Labute approximate surface area is 117 Å². The lowest BCUT2D eigenvalue weighted by Crippen LogP contribution is -2.02. The number of rotatable bonds is 3. The lowest BCUT2D eigenvalue weighted by molar-refractivity contribution is 0.282. The minimum atomic E-state index is 0.0619. The first-order valence-corrected chi connectivity index (χ1v) is 6.60. The Bertz CT molecular complexity index is 703. The van der Waals surface area contributed by atoms with Crippen molar-refractivity contribution in [2.24, 2.45) is 0 Å². The molecular weight excluding hydrogens is 250 g/mol. The van der Waals surface area contributed by atoms with Crippen LogP contribution in [0.2, 0.25) is 0 Å². The summed E-state index contributed by atoms with van der Waals surface area (Å²) in [6, 6.07) is 13.9. The van der Waals surface area contributed by atoms with Crippen molar-refractivity contribution in [1.29, 1.82) is 0 Å². The lowest BCUT2D eigenvalue weighted by atomic mass is 10.2. The minimum Gasteiger partial charge on any atom is -0.392 e. The van der Waals surface area contributed by atoms with Gasteiger partial charge in [0.1, 0.15) is 0 Å². The zero-order valence-corrected chi connectivity index (χ0v) is 11.6. The molecule has 2 heterocycles. The Morgan fingerprint density at radius 1 is 0.950 bits per heavy atom. The smallest absolute Gasteiger partial charge is 0.159 e. The third kappa shape index (κ3) is 2.14. The molecule has 0 saturated heterocycles. The molecule has 0 bridgehead atoms. The summed E-state index contributed by atoms with van der Waals surface area (Å²) in [5, 5.41) is 13.7. The van der Waals surface area contributed by atoms with Crippen LogP contribution >= 0.6 is 0 Å². The van der Waals surface area contributed by atoms with E-state index in [0.29, 0.717) is 0 Å². The first-order valence-electron chi connectivity index (χ1n) is 6.60. The monoisotopic (exact) mass is 267 g/mol. The van der Waals surface area contributed by atoms with Gasteiger partial charge in [0.2, 0.25) is 0 Å². The van der Waals surface area contributed by atoms with Crippen LogP contribution in [0.1, 0.15) is 17.0 Å². The molecule has 0 aliphatic heterocycles. The highest BCUT2D eigenvalue weighted by Crippen LogP contribution is 2.16. The average molecular weight is 267 g/mol. The van der Waals surface area contributed by atoms with Gasteiger partial charge >= 0.3 is 0 Å². The maximum Gasteiger partial charge on any atom is 0.159 e. The third-order valence-electron chi connectivity index (χ3n) is 3.46. The number of aliphatic hydroxyl groups excluding tert-OH is 1. The minimum absolute atomic E-state index is 0.0619. The molecule has 0 unspecified atom stereocenters. The summed E-state index contributed by atoms with van der Waals surface area (Å²) in [5.41, 5.74) is 4.22. The van der Waals surface area contributed by atoms with E-state index in [9.17, 15) is 0 Å². The molecule has 0 amide bonds. The summed E-state index contributed by atoms with van der Waals surface area (Å²) in [6.07, 6.45) is 1.95. The molecule has 0 atom stereocenters. The van der Waals surface area contributed by atoms with Gasteiger partial charge in [-0.05, 0) is 43.7 Å². The lowest BCUT2D eigenvalue weighted by Gasteiger charge is -2.06. The van der Waals surface area contributed by atoms with Gasteiger partial charge in [0, 0.05) is 23.7 Å². The van der Waals surface area contributed by atoms with Gasteiger partial charge in [-0.3, -0.25) is 0 Å². The van der Waals surface area contributed by atoms with Crippen molar-refractivity contribution in [3.63, 3.8) is 0 Å². The normalized spacial score (nSPS) is 10.9. The summed E-state index contributed by atoms with van der Waals surface area (Å²) >= 11 is 0. The standard InChI is InChI=1S/C16H17N3O/c1-12-3-4-13(2)19(12)16-9-10-18(17-16)15-7-5-14(11-20)6-8-15/h3-10,20H,11H2,1-2H3. The van der Waals surface area contributed by atoms with E-state index in [2.05, 4.69) is 35.6 Å². The molecule has 0 aliphatic rings. The van der Waals surface area contributed by atoms with Crippen LogP contribution < -0.4 is 0 Å². The number of hydrogen-bond donors (Lipinski definition) is 1. The second kappa shape index (κ2) is 4.98. The number of aryl methyl sites for hydroxylation is 2. The largest absolute Gasteiger partial charge is 0.392 e. The van der Waals surface area contributed by atoms with Crippen LogP contribution in [0.25, 0.3) is 11.5 Å². The molecule has 1 aromatic carbocycles. The number of benzene rings is 1. The Kier molecular flexibility index (Phi) is 3.16. The molecule has 3 aromatic rings. The van der Waals surface area contributed by atoms with Crippen LogP contribution in [0.5, 0.6) is 0 Å². The molecule has 4 nitrogen and oxygen atoms in total. The highest BCUT2D eigenvalue weighted by Gasteiger charge is 2.07. The maximum atomic E-state index is 9.06. The predicted molar refractivity (Wildman–Crippen MR) is 78.3 cm³/mol. The maximum absolute atomic E-state index is 9.06. The molecule has 3 rings (SSSR count). The van der Waals surface area contributed by atoms with Crippen molar-refractivity contribution in [3.05, 3.63) is 65.6 Å². The van der Waals surface area contributed by atoms with Gasteiger partial charge in [-0.2, -0.15) is 0 Å². The van der Waals surface area contributed by atoms with Crippen LogP contribution in [0.15, 0.2) is 48.7 Å². The molecule has 0 radical (unpaired) electrons. The fourth-order valence-corrected chi connectivity index (χ4v) is 2.36. The Balaban J connectivity index is 1.97. The van der Waals surface area contributed by atoms with Gasteiger partial charge in [-0.1, -0.05) is 12.1 Å². The topological polar surface area (TPSA) is 43.0 Å². The van der Waals surface area contributed by atoms with E-state index in [4.69, 9.17) is 5.11 Å². The Morgan fingerprint density at radius 3 is 2.20 bits per heavy atom. The summed E-state index contributed by atoms with van der Waals surface area (Å²) in [5.74, 6) is 0.913. The van der Waals surface area contributed by atoms with E-state index in [1.54, 1.807) is 0 Å². The molecule has 20 heavy (non-hydrogen) atoms. The predicted octanol–water partition coefficient (Wildman–Crippen LogP) is 2.77. The van der Waals surface area contributed by atoms with Crippen LogP contribution in [0, 0.1) is 13.8 Å². The molecule has 0 aliphatic carbocycles. The molecular formula is C16H17N3O. The second-order valence-electron chi connectivity index (χ2n) is 4.89. The van der Waals surface area contributed by atoms with Gasteiger partial charge in [-0.25, -0.2) is 4.68 Å². The van der Waals surface area contributed by atoms with Crippen molar-refractivity contribution in [3.8, 4) is 11.5 Å². The number of hydrogen-bond acceptors (Lipinski definition) is 2. The highest BCUT2D eigenvalue weighted by molar-refractivity contribution is 5.37. The van der Waals surface area contributed by atoms with E-state index in [1.165, 1.54) is 11.4 Å². The quantitative estimate of drug-likeness (QED) is 0.793. The van der Waals surface area contributed by atoms with Crippen molar-refractivity contribution in [2.45, 2.75) is 20.5 Å². The summed E-state index contributed by atoms with van der Waals surface area (Å²) in [4.78, 5) is 0. The zero-order chi connectivity index (χ0) is 14.1. The molecule has 0 spiro atoms. The fraction of sp³-hybridized carbons (Fsp3) is 0.188. The summed E-state index contributed by atoms with van der Waals surface area (Å²) in [7, 11) is 0.